The van der Waals surface area contributed by atoms with Crippen molar-refractivity contribution < 1.29 is 19.0 Å². The monoisotopic (exact) mass is 208 g/mol. The third-order valence-electron chi connectivity index (χ3n) is 3.34. The Morgan fingerprint density at radius 1 is 1.60 bits per heavy atom. The van der Waals surface area contributed by atoms with Gasteiger partial charge in [0.25, 0.3) is 0 Å². The molecule has 1 heterocycles. The second kappa shape index (κ2) is 2.51. The van der Waals surface area contributed by atoms with Crippen LogP contribution in [0.25, 0.3) is 0 Å². The van der Waals surface area contributed by atoms with Gasteiger partial charge in [0.05, 0.1) is 12.5 Å². The standard InChI is InChI=1S/C11H9FO3/c12-6-1-2-9-7(3-6)11(5-15-9)4-8(11)10(13)14/h1-3,8H,4-5H2,(H,13,14). The molecule has 1 aliphatic heterocycles. The van der Waals surface area contributed by atoms with Gasteiger partial charge in [-0.25, -0.2) is 4.39 Å². The van der Waals surface area contributed by atoms with Gasteiger partial charge in [-0.15, -0.1) is 0 Å². The lowest BCUT2D eigenvalue weighted by atomic mass is 9.95. The van der Waals surface area contributed by atoms with E-state index in [1.165, 1.54) is 12.1 Å². The molecular formula is C11H9FO3. The van der Waals surface area contributed by atoms with E-state index in [4.69, 9.17) is 9.84 Å². The highest BCUT2D eigenvalue weighted by atomic mass is 19.1. The summed E-state index contributed by atoms with van der Waals surface area (Å²) in [7, 11) is 0. The van der Waals surface area contributed by atoms with Gasteiger partial charge in [-0.1, -0.05) is 0 Å². The molecule has 1 aliphatic carbocycles. The van der Waals surface area contributed by atoms with Crippen molar-refractivity contribution in [2.45, 2.75) is 11.8 Å². The molecule has 3 nitrogen and oxygen atoms in total. The van der Waals surface area contributed by atoms with Gasteiger partial charge in [0.2, 0.25) is 0 Å². The Kier molecular flexibility index (Phi) is 1.45. The third-order valence-corrected chi connectivity index (χ3v) is 3.34. The first-order valence-electron chi connectivity index (χ1n) is 4.79. The molecule has 2 unspecified atom stereocenters. The van der Waals surface area contributed by atoms with Crippen molar-refractivity contribution in [1.29, 1.82) is 0 Å². The Balaban J connectivity index is 2.06. The van der Waals surface area contributed by atoms with E-state index in [0.29, 0.717) is 18.8 Å². The van der Waals surface area contributed by atoms with E-state index in [1.807, 2.05) is 0 Å². The number of benzene rings is 1. The van der Waals surface area contributed by atoms with Crippen molar-refractivity contribution in [3.05, 3.63) is 29.6 Å². The third kappa shape index (κ3) is 1.02. The number of ether oxygens (including phenoxy) is 1. The normalized spacial score (nSPS) is 31.1. The Hall–Kier alpha value is -1.58. The highest BCUT2D eigenvalue weighted by molar-refractivity contribution is 5.78. The number of halogens is 1. The first-order chi connectivity index (χ1) is 7.13. The summed E-state index contributed by atoms with van der Waals surface area (Å²) in [5.74, 6) is -0.953. The van der Waals surface area contributed by atoms with Crippen LogP contribution in [0.3, 0.4) is 0 Å². The van der Waals surface area contributed by atoms with Gasteiger partial charge in [0.15, 0.2) is 0 Å². The van der Waals surface area contributed by atoms with Gasteiger partial charge in [-0.2, -0.15) is 0 Å². The average molecular weight is 208 g/mol. The van der Waals surface area contributed by atoms with Crippen LogP contribution in [0.1, 0.15) is 12.0 Å². The molecule has 15 heavy (non-hydrogen) atoms. The molecule has 1 saturated carbocycles. The minimum Gasteiger partial charge on any atom is -0.492 e. The van der Waals surface area contributed by atoms with Crippen LogP contribution in [0.5, 0.6) is 5.75 Å². The number of aliphatic carboxylic acids is 1. The second-order valence-corrected chi connectivity index (χ2v) is 4.18. The summed E-state index contributed by atoms with van der Waals surface area (Å²) in [6, 6.07) is 4.29. The number of hydrogen-bond acceptors (Lipinski definition) is 2. The molecule has 1 aromatic carbocycles. The minimum atomic E-state index is -0.823. The number of carboxylic acids is 1. The molecule has 1 N–H and O–H groups in total. The van der Waals surface area contributed by atoms with Gasteiger partial charge in [-0.3, -0.25) is 4.79 Å². The zero-order valence-corrected chi connectivity index (χ0v) is 7.87. The number of carbonyl (C=O) groups is 1. The van der Waals surface area contributed by atoms with Crippen molar-refractivity contribution in [3.8, 4) is 5.75 Å². The number of rotatable bonds is 1. The van der Waals surface area contributed by atoms with E-state index in [2.05, 4.69) is 0 Å². The van der Waals surface area contributed by atoms with E-state index in [9.17, 15) is 9.18 Å². The van der Waals surface area contributed by atoms with Crippen LogP contribution < -0.4 is 4.74 Å². The SMILES string of the molecule is O=C(O)C1CC12COc1ccc(F)cc12. The lowest BCUT2D eigenvalue weighted by molar-refractivity contribution is -0.139. The van der Waals surface area contributed by atoms with Crippen LogP contribution in [0, 0.1) is 11.7 Å². The van der Waals surface area contributed by atoms with E-state index in [1.54, 1.807) is 6.07 Å². The Bertz CT molecular complexity index is 457. The van der Waals surface area contributed by atoms with Crippen LogP contribution in [0.2, 0.25) is 0 Å². The topological polar surface area (TPSA) is 46.5 Å². The summed E-state index contributed by atoms with van der Waals surface area (Å²) in [5.41, 5.74) is 0.262. The zero-order valence-electron chi connectivity index (χ0n) is 7.87. The van der Waals surface area contributed by atoms with E-state index >= 15 is 0 Å². The van der Waals surface area contributed by atoms with Crippen LogP contribution in [0.4, 0.5) is 4.39 Å². The molecule has 0 bridgehead atoms. The Morgan fingerprint density at radius 2 is 2.40 bits per heavy atom. The molecule has 0 radical (unpaired) electrons. The van der Waals surface area contributed by atoms with Crippen molar-refractivity contribution in [2.24, 2.45) is 5.92 Å². The highest BCUT2D eigenvalue weighted by Crippen LogP contribution is 2.60. The van der Waals surface area contributed by atoms with Crippen molar-refractivity contribution in [1.82, 2.24) is 0 Å². The molecule has 4 heteroatoms. The van der Waals surface area contributed by atoms with Gasteiger partial charge < -0.3 is 9.84 Å². The largest absolute Gasteiger partial charge is 0.492 e. The first-order valence-corrected chi connectivity index (χ1v) is 4.79. The lowest BCUT2D eigenvalue weighted by Gasteiger charge is -2.05. The summed E-state index contributed by atoms with van der Waals surface area (Å²) in [6.45, 7) is 0.364. The molecule has 2 aliphatic rings. The fourth-order valence-corrected chi connectivity index (χ4v) is 2.39. The molecule has 0 amide bonds. The summed E-state index contributed by atoms with van der Waals surface area (Å²) in [5, 5.41) is 8.92. The fourth-order valence-electron chi connectivity index (χ4n) is 2.39. The molecule has 1 aromatic rings. The summed E-state index contributed by atoms with van der Waals surface area (Å²) < 4.78 is 18.4. The van der Waals surface area contributed by atoms with E-state index < -0.39 is 17.3 Å². The molecule has 78 valence electrons. The quantitative estimate of drug-likeness (QED) is 0.761. The summed E-state index contributed by atoms with van der Waals surface area (Å²) >= 11 is 0. The second-order valence-electron chi connectivity index (χ2n) is 4.18. The first kappa shape index (κ1) is 8.71. The van der Waals surface area contributed by atoms with Crippen LogP contribution in [-0.2, 0) is 10.2 Å². The zero-order chi connectivity index (χ0) is 10.6. The van der Waals surface area contributed by atoms with Crippen LogP contribution in [-0.4, -0.2) is 17.7 Å². The molecule has 3 rings (SSSR count). The van der Waals surface area contributed by atoms with Crippen molar-refractivity contribution >= 4 is 5.97 Å². The van der Waals surface area contributed by atoms with E-state index in [0.717, 1.165) is 5.56 Å². The molecule has 1 fully saturated rings. The summed E-state index contributed by atoms with van der Waals surface area (Å²) in [4.78, 5) is 10.9. The minimum absolute atomic E-state index is 0.338. The highest BCUT2D eigenvalue weighted by Gasteiger charge is 2.63. The maximum atomic E-state index is 13.1. The lowest BCUT2D eigenvalue weighted by Crippen LogP contribution is -2.16. The predicted molar refractivity (Wildman–Crippen MR) is 49.3 cm³/mol. The van der Waals surface area contributed by atoms with Gasteiger partial charge in [0, 0.05) is 11.0 Å². The van der Waals surface area contributed by atoms with E-state index in [-0.39, 0.29) is 5.82 Å². The fraction of sp³-hybridized carbons (Fsp3) is 0.364. The molecule has 0 saturated heterocycles. The van der Waals surface area contributed by atoms with Gasteiger partial charge in [-0.05, 0) is 24.6 Å². The Morgan fingerprint density at radius 3 is 3.07 bits per heavy atom. The average Bonchev–Trinajstić information content (AvgIpc) is 2.81. The number of hydrogen-bond donors (Lipinski definition) is 1. The molecule has 2 atom stereocenters. The Labute approximate surface area is 85.5 Å². The van der Waals surface area contributed by atoms with Gasteiger partial charge in [0.1, 0.15) is 11.6 Å². The van der Waals surface area contributed by atoms with Crippen molar-refractivity contribution in [3.63, 3.8) is 0 Å². The van der Waals surface area contributed by atoms with Crippen molar-refractivity contribution in [2.75, 3.05) is 6.61 Å². The van der Waals surface area contributed by atoms with Crippen LogP contribution >= 0.6 is 0 Å². The molecular weight excluding hydrogens is 199 g/mol. The maximum Gasteiger partial charge on any atom is 0.307 e. The van der Waals surface area contributed by atoms with Crippen LogP contribution in [0.15, 0.2) is 18.2 Å². The maximum absolute atomic E-state index is 13.1. The van der Waals surface area contributed by atoms with Gasteiger partial charge >= 0.3 is 5.97 Å². The predicted octanol–water partition coefficient (Wildman–Crippen LogP) is 1.56. The smallest absolute Gasteiger partial charge is 0.307 e. The number of carboxylic acid groups (broad SMARTS) is 1. The molecule has 1 spiro atoms. The number of fused-ring (bicyclic) bond motifs is 2. The summed E-state index contributed by atoms with van der Waals surface area (Å²) in [6.07, 6.45) is 0.554. The molecule has 0 aromatic heterocycles.